The van der Waals surface area contributed by atoms with E-state index in [1.807, 2.05) is 0 Å². The van der Waals surface area contributed by atoms with Gasteiger partial charge in [-0.15, -0.1) is 0 Å². The summed E-state index contributed by atoms with van der Waals surface area (Å²) in [5.41, 5.74) is 0.748. The predicted octanol–water partition coefficient (Wildman–Crippen LogP) is 8.68. The molecule has 0 amide bonds. The van der Waals surface area contributed by atoms with E-state index < -0.39 is 0 Å². The van der Waals surface area contributed by atoms with Crippen molar-refractivity contribution in [3.63, 3.8) is 0 Å². The van der Waals surface area contributed by atoms with Crippen molar-refractivity contribution >= 4 is 5.97 Å². The molecule has 4 rings (SSSR count). The Morgan fingerprint density at radius 3 is 2.36 bits per heavy atom. The van der Waals surface area contributed by atoms with Crippen LogP contribution in [0.1, 0.15) is 126 Å². The van der Waals surface area contributed by atoms with Crippen LogP contribution >= 0.6 is 0 Å². The molecule has 33 heavy (non-hydrogen) atoms. The van der Waals surface area contributed by atoms with Gasteiger partial charge in [-0.25, -0.2) is 0 Å². The van der Waals surface area contributed by atoms with Crippen molar-refractivity contribution in [3.8, 4) is 0 Å². The lowest BCUT2D eigenvalue weighted by Gasteiger charge is -2.62. The van der Waals surface area contributed by atoms with Gasteiger partial charge < -0.3 is 4.74 Å². The first kappa shape index (κ1) is 25.6. The number of carbonyl (C=O) groups excluding carboxylic acids is 1. The van der Waals surface area contributed by atoms with Crippen LogP contribution in [0.15, 0.2) is 0 Å². The molecule has 4 saturated carbocycles. The highest BCUT2D eigenvalue weighted by Gasteiger charge is 2.62. The average molecular weight is 459 g/mol. The topological polar surface area (TPSA) is 26.3 Å². The normalized spacial score (nSPS) is 44.5. The second-order valence-corrected chi connectivity index (χ2v) is 13.7. The standard InChI is InChI=1S/C31H54O2/c1-8-23(20(2)3)13-12-21(4)26-16-17-27-25-15-14-24-10-9-11-29(33-22(5)32)31(24,7)28(25)18-19-30(26,27)6/h20-21,23-29H,8-19H2,1-7H3/t21-,23?,24+,25+,26-,27+,28+,29?,30-,31+/m1/s1. The van der Waals surface area contributed by atoms with Crippen molar-refractivity contribution in [2.24, 2.45) is 58.2 Å². The molecule has 0 radical (unpaired) electrons. The number of ether oxygens (including phenoxy) is 1. The van der Waals surface area contributed by atoms with Gasteiger partial charge in [-0.1, -0.05) is 54.4 Å². The third-order valence-electron chi connectivity index (χ3n) is 12.2. The number of hydrogen-bond donors (Lipinski definition) is 0. The monoisotopic (exact) mass is 458 g/mol. The molecule has 0 aromatic rings. The van der Waals surface area contributed by atoms with Gasteiger partial charge in [0.25, 0.3) is 0 Å². The molecule has 190 valence electrons. The molecular formula is C31H54O2. The first-order valence-electron chi connectivity index (χ1n) is 14.8. The van der Waals surface area contributed by atoms with E-state index in [1.54, 1.807) is 6.92 Å². The number of esters is 1. The van der Waals surface area contributed by atoms with Crippen molar-refractivity contribution in [1.82, 2.24) is 0 Å². The first-order chi connectivity index (χ1) is 15.6. The van der Waals surface area contributed by atoms with Crippen molar-refractivity contribution in [2.75, 3.05) is 0 Å². The van der Waals surface area contributed by atoms with Gasteiger partial charge in [0, 0.05) is 12.3 Å². The van der Waals surface area contributed by atoms with Crippen LogP contribution in [0.5, 0.6) is 0 Å². The number of hydrogen-bond acceptors (Lipinski definition) is 2. The van der Waals surface area contributed by atoms with Crippen molar-refractivity contribution in [3.05, 3.63) is 0 Å². The highest BCUT2D eigenvalue weighted by Crippen LogP contribution is 2.68. The van der Waals surface area contributed by atoms with E-state index in [9.17, 15) is 4.79 Å². The first-order valence-corrected chi connectivity index (χ1v) is 14.8. The molecule has 2 unspecified atom stereocenters. The Bertz CT molecular complexity index is 684. The summed E-state index contributed by atoms with van der Waals surface area (Å²) in [6.45, 7) is 16.7. The molecule has 4 aliphatic rings. The van der Waals surface area contributed by atoms with Gasteiger partial charge in [-0.2, -0.15) is 0 Å². The molecule has 2 heteroatoms. The molecule has 0 aromatic heterocycles. The van der Waals surface area contributed by atoms with Gasteiger partial charge in [0.1, 0.15) is 6.10 Å². The maximum absolute atomic E-state index is 12.0. The molecule has 2 nitrogen and oxygen atoms in total. The van der Waals surface area contributed by atoms with E-state index in [4.69, 9.17) is 4.74 Å². The summed E-state index contributed by atoms with van der Waals surface area (Å²) in [4.78, 5) is 12.0. The lowest BCUT2D eigenvalue weighted by atomic mass is 9.44. The summed E-state index contributed by atoms with van der Waals surface area (Å²) in [6, 6.07) is 0. The minimum Gasteiger partial charge on any atom is -0.462 e. The van der Waals surface area contributed by atoms with Crippen LogP contribution in [0, 0.1) is 58.2 Å². The van der Waals surface area contributed by atoms with Gasteiger partial charge in [-0.05, 0) is 117 Å². The second-order valence-electron chi connectivity index (χ2n) is 13.7. The number of carbonyl (C=O) groups is 1. The smallest absolute Gasteiger partial charge is 0.302 e. The maximum atomic E-state index is 12.0. The third kappa shape index (κ3) is 4.44. The Morgan fingerprint density at radius 1 is 0.939 bits per heavy atom. The van der Waals surface area contributed by atoms with Crippen molar-refractivity contribution in [1.29, 1.82) is 0 Å². The van der Waals surface area contributed by atoms with Crippen molar-refractivity contribution < 1.29 is 9.53 Å². The van der Waals surface area contributed by atoms with E-state index >= 15 is 0 Å². The molecule has 0 bridgehead atoms. The maximum Gasteiger partial charge on any atom is 0.302 e. The summed E-state index contributed by atoms with van der Waals surface area (Å²) in [6.07, 6.45) is 16.5. The third-order valence-corrected chi connectivity index (χ3v) is 12.2. The van der Waals surface area contributed by atoms with Gasteiger partial charge in [0.05, 0.1) is 0 Å². The average Bonchev–Trinajstić information content (AvgIpc) is 3.11. The summed E-state index contributed by atoms with van der Waals surface area (Å²) in [7, 11) is 0. The molecule has 0 N–H and O–H groups in total. The predicted molar refractivity (Wildman–Crippen MR) is 138 cm³/mol. The Hall–Kier alpha value is -0.530. The second kappa shape index (κ2) is 9.85. The van der Waals surface area contributed by atoms with E-state index in [0.29, 0.717) is 5.41 Å². The summed E-state index contributed by atoms with van der Waals surface area (Å²) in [5.74, 6) is 6.71. The number of rotatable bonds is 7. The van der Waals surface area contributed by atoms with E-state index in [-0.39, 0.29) is 17.5 Å². The van der Waals surface area contributed by atoms with Crippen LogP contribution in [-0.2, 0) is 9.53 Å². The van der Waals surface area contributed by atoms with Crippen molar-refractivity contribution in [2.45, 2.75) is 132 Å². The Balaban J connectivity index is 1.50. The molecule has 10 atom stereocenters. The van der Waals surface area contributed by atoms with Gasteiger partial charge in [-0.3, -0.25) is 4.79 Å². The van der Waals surface area contributed by atoms with Crippen LogP contribution in [0.2, 0.25) is 0 Å². The lowest BCUT2D eigenvalue weighted by molar-refractivity contribution is -0.190. The fourth-order valence-corrected chi connectivity index (χ4v) is 10.3. The Morgan fingerprint density at radius 2 is 1.70 bits per heavy atom. The largest absolute Gasteiger partial charge is 0.462 e. The van der Waals surface area contributed by atoms with Gasteiger partial charge in [0.15, 0.2) is 0 Å². The fraction of sp³-hybridized carbons (Fsp3) is 0.968. The SMILES string of the molecule is CCC(CC[C@@H](C)[C@H]1CC[C@H]2[C@@H]3CC[C@@H]4CCCC(OC(C)=O)[C@]4(C)[C@H]3CC[C@]12C)C(C)C. The summed E-state index contributed by atoms with van der Waals surface area (Å²) >= 11 is 0. The van der Waals surface area contributed by atoms with E-state index in [1.165, 1.54) is 70.6 Å². The molecule has 0 saturated heterocycles. The highest BCUT2D eigenvalue weighted by atomic mass is 16.5. The van der Waals surface area contributed by atoms with Crippen LogP contribution in [-0.4, -0.2) is 12.1 Å². The molecule has 4 aliphatic carbocycles. The number of fused-ring (bicyclic) bond motifs is 5. The minimum absolute atomic E-state index is 0.0637. The zero-order valence-corrected chi connectivity index (χ0v) is 23.0. The zero-order valence-electron chi connectivity index (χ0n) is 23.0. The van der Waals surface area contributed by atoms with Gasteiger partial charge in [0.2, 0.25) is 0 Å². The van der Waals surface area contributed by atoms with E-state index in [2.05, 4.69) is 41.5 Å². The molecule has 4 fully saturated rings. The molecule has 0 aromatic carbocycles. The lowest BCUT2D eigenvalue weighted by Crippen LogP contribution is -2.58. The van der Waals surface area contributed by atoms with Crippen LogP contribution < -0.4 is 0 Å². The quantitative estimate of drug-likeness (QED) is 0.357. The summed E-state index contributed by atoms with van der Waals surface area (Å²) in [5, 5.41) is 0. The van der Waals surface area contributed by atoms with Gasteiger partial charge >= 0.3 is 5.97 Å². The van der Waals surface area contributed by atoms with Crippen LogP contribution in [0.4, 0.5) is 0 Å². The Kier molecular flexibility index (Phi) is 7.63. The minimum atomic E-state index is -0.0637. The summed E-state index contributed by atoms with van der Waals surface area (Å²) < 4.78 is 6.05. The fourth-order valence-electron chi connectivity index (χ4n) is 10.3. The molecule has 0 aliphatic heterocycles. The van der Waals surface area contributed by atoms with Crippen LogP contribution in [0.3, 0.4) is 0 Å². The zero-order chi connectivity index (χ0) is 24.0. The molecule has 0 spiro atoms. The van der Waals surface area contributed by atoms with Crippen LogP contribution in [0.25, 0.3) is 0 Å². The van der Waals surface area contributed by atoms with E-state index in [0.717, 1.165) is 53.8 Å². The highest BCUT2D eigenvalue weighted by molar-refractivity contribution is 5.66. The molecule has 0 heterocycles. The Labute approximate surface area is 205 Å². The molecular weight excluding hydrogens is 404 g/mol.